The van der Waals surface area contributed by atoms with Crippen molar-refractivity contribution in [2.24, 2.45) is 5.41 Å². The van der Waals surface area contributed by atoms with E-state index in [1.165, 1.54) is 6.07 Å². The summed E-state index contributed by atoms with van der Waals surface area (Å²) in [6, 6.07) is 4.12. The molecule has 21 heavy (non-hydrogen) atoms. The summed E-state index contributed by atoms with van der Waals surface area (Å²) in [5.74, 6) is -2.48. The van der Waals surface area contributed by atoms with Gasteiger partial charge in [0, 0.05) is 18.7 Å². The first-order valence-corrected chi connectivity index (χ1v) is 7.37. The van der Waals surface area contributed by atoms with Crippen molar-refractivity contribution in [1.82, 2.24) is 4.90 Å². The summed E-state index contributed by atoms with van der Waals surface area (Å²) >= 11 is 0. The zero-order chi connectivity index (χ0) is 15.5. The van der Waals surface area contributed by atoms with Gasteiger partial charge in [-0.25, -0.2) is 8.78 Å². The molecule has 1 atom stereocenters. The molecule has 1 aromatic carbocycles. The zero-order valence-electron chi connectivity index (χ0n) is 12.2. The number of rotatable bonds is 5. The van der Waals surface area contributed by atoms with Crippen LogP contribution in [-0.4, -0.2) is 29.1 Å². The van der Waals surface area contributed by atoms with Gasteiger partial charge in [-0.2, -0.15) is 0 Å². The fraction of sp³-hybridized carbons (Fsp3) is 0.562. The molecule has 0 radical (unpaired) electrons. The molecule has 1 heterocycles. The smallest absolute Gasteiger partial charge is 0.310 e. The maximum absolute atomic E-state index is 13.7. The van der Waals surface area contributed by atoms with E-state index in [0.29, 0.717) is 25.9 Å². The Kier molecular flexibility index (Phi) is 4.93. The van der Waals surface area contributed by atoms with Gasteiger partial charge < -0.3 is 5.11 Å². The molecule has 1 unspecified atom stereocenters. The molecule has 2 rings (SSSR count). The number of aliphatic carboxylic acids is 1. The van der Waals surface area contributed by atoms with E-state index in [1.54, 1.807) is 6.07 Å². The topological polar surface area (TPSA) is 40.5 Å². The molecule has 1 aromatic rings. The third-order valence-corrected chi connectivity index (χ3v) is 4.26. The first-order chi connectivity index (χ1) is 9.98. The van der Waals surface area contributed by atoms with Crippen LogP contribution >= 0.6 is 0 Å². The Morgan fingerprint density at radius 1 is 1.43 bits per heavy atom. The summed E-state index contributed by atoms with van der Waals surface area (Å²) in [4.78, 5) is 13.5. The summed E-state index contributed by atoms with van der Waals surface area (Å²) < 4.78 is 27.0. The second kappa shape index (κ2) is 6.52. The Bertz CT molecular complexity index is 517. The van der Waals surface area contributed by atoms with Gasteiger partial charge in [-0.3, -0.25) is 9.69 Å². The number of benzene rings is 1. The molecule has 0 aromatic heterocycles. The van der Waals surface area contributed by atoms with Crippen molar-refractivity contribution >= 4 is 5.97 Å². The lowest BCUT2D eigenvalue weighted by Gasteiger charge is -2.40. The van der Waals surface area contributed by atoms with Crippen LogP contribution in [0.3, 0.4) is 0 Å². The average molecular weight is 297 g/mol. The normalized spacial score (nSPS) is 23.2. The molecule has 1 aliphatic rings. The number of carboxylic acids is 1. The van der Waals surface area contributed by atoms with Gasteiger partial charge >= 0.3 is 5.97 Å². The third kappa shape index (κ3) is 3.40. The largest absolute Gasteiger partial charge is 0.481 e. The minimum Gasteiger partial charge on any atom is -0.481 e. The molecular weight excluding hydrogens is 276 g/mol. The number of halogens is 2. The molecular formula is C16H21F2NO2. The van der Waals surface area contributed by atoms with Crippen molar-refractivity contribution in [2.45, 2.75) is 39.2 Å². The highest BCUT2D eigenvalue weighted by atomic mass is 19.2. The van der Waals surface area contributed by atoms with Crippen LogP contribution in [0.1, 0.15) is 38.2 Å². The number of piperidine rings is 1. The molecule has 1 aliphatic heterocycles. The minimum atomic E-state index is -0.859. The van der Waals surface area contributed by atoms with Gasteiger partial charge in [-0.05, 0) is 31.9 Å². The fourth-order valence-electron chi connectivity index (χ4n) is 3.24. The van der Waals surface area contributed by atoms with Crippen LogP contribution in [0.15, 0.2) is 18.2 Å². The van der Waals surface area contributed by atoms with Crippen molar-refractivity contribution in [3.05, 3.63) is 35.4 Å². The molecule has 3 nitrogen and oxygen atoms in total. The van der Waals surface area contributed by atoms with Crippen LogP contribution in [0.4, 0.5) is 8.78 Å². The molecule has 1 saturated heterocycles. The van der Waals surface area contributed by atoms with E-state index in [-0.39, 0.29) is 12.1 Å². The van der Waals surface area contributed by atoms with Crippen LogP contribution in [0, 0.1) is 17.0 Å². The summed E-state index contributed by atoms with van der Waals surface area (Å²) in [6.07, 6.45) is 2.83. The second-order valence-electron chi connectivity index (χ2n) is 5.86. The zero-order valence-corrected chi connectivity index (χ0v) is 12.2. The lowest BCUT2D eigenvalue weighted by atomic mass is 9.76. The van der Waals surface area contributed by atoms with Gasteiger partial charge in [0.25, 0.3) is 0 Å². The summed E-state index contributed by atoms with van der Waals surface area (Å²) in [6.45, 7) is 3.33. The molecule has 0 bridgehead atoms. The van der Waals surface area contributed by atoms with E-state index in [1.807, 2.05) is 11.8 Å². The van der Waals surface area contributed by atoms with Crippen molar-refractivity contribution < 1.29 is 18.7 Å². The number of carbonyl (C=O) groups is 1. The average Bonchev–Trinajstić information content (AvgIpc) is 2.44. The van der Waals surface area contributed by atoms with E-state index in [2.05, 4.69) is 0 Å². The van der Waals surface area contributed by atoms with E-state index in [0.717, 1.165) is 18.9 Å². The molecule has 116 valence electrons. The number of likely N-dealkylation sites (tertiary alicyclic amines) is 1. The maximum Gasteiger partial charge on any atom is 0.310 e. The third-order valence-electron chi connectivity index (χ3n) is 4.26. The lowest BCUT2D eigenvalue weighted by Crippen LogP contribution is -2.47. The highest BCUT2D eigenvalue weighted by Crippen LogP contribution is 2.35. The SMILES string of the molecule is CCCC1(C(=O)O)CCCN(Cc2cccc(F)c2F)C1. The van der Waals surface area contributed by atoms with Crippen LogP contribution in [-0.2, 0) is 11.3 Å². The van der Waals surface area contributed by atoms with Crippen LogP contribution < -0.4 is 0 Å². The van der Waals surface area contributed by atoms with Gasteiger partial charge in [0.1, 0.15) is 0 Å². The molecule has 0 spiro atoms. The molecule has 1 fully saturated rings. The Balaban J connectivity index is 2.14. The minimum absolute atomic E-state index is 0.252. The van der Waals surface area contributed by atoms with E-state index in [4.69, 9.17) is 0 Å². The second-order valence-corrected chi connectivity index (χ2v) is 5.86. The predicted molar refractivity (Wildman–Crippen MR) is 75.8 cm³/mol. The molecule has 0 saturated carbocycles. The number of hydrogen-bond donors (Lipinski definition) is 1. The van der Waals surface area contributed by atoms with E-state index >= 15 is 0 Å². The van der Waals surface area contributed by atoms with Crippen LogP contribution in [0.25, 0.3) is 0 Å². The quantitative estimate of drug-likeness (QED) is 0.905. The summed E-state index contributed by atoms with van der Waals surface area (Å²) in [5, 5.41) is 9.54. The monoisotopic (exact) mass is 297 g/mol. The Morgan fingerprint density at radius 2 is 2.19 bits per heavy atom. The lowest BCUT2D eigenvalue weighted by molar-refractivity contribution is -0.153. The van der Waals surface area contributed by atoms with Gasteiger partial charge in [0.15, 0.2) is 11.6 Å². The van der Waals surface area contributed by atoms with Crippen LogP contribution in [0.2, 0.25) is 0 Å². The summed E-state index contributed by atoms with van der Waals surface area (Å²) in [7, 11) is 0. The molecule has 0 amide bonds. The van der Waals surface area contributed by atoms with Crippen LogP contribution in [0.5, 0.6) is 0 Å². The molecule has 1 N–H and O–H groups in total. The Morgan fingerprint density at radius 3 is 2.86 bits per heavy atom. The molecule has 0 aliphatic carbocycles. The van der Waals surface area contributed by atoms with E-state index in [9.17, 15) is 18.7 Å². The van der Waals surface area contributed by atoms with Crippen molar-refractivity contribution in [2.75, 3.05) is 13.1 Å². The Labute approximate surface area is 123 Å². The highest BCUT2D eigenvalue weighted by Gasteiger charge is 2.41. The maximum atomic E-state index is 13.7. The van der Waals surface area contributed by atoms with Gasteiger partial charge in [-0.1, -0.05) is 25.5 Å². The van der Waals surface area contributed by atoms with E-state index < -0.39 is 23.0 Å². The number of carboxylic acid groups (broad SMARTS) is 1. The highest BCUT2D eigenvalue weighted by molar-refractivity contribution is 5.75. The number of hydrogen-bond acceptors (Lipinski definition) is 2. The van der Waals surface area contributed by atoms with Crippen molar-refractivity contribution in [3.8, 4) is 0 Å². The first kappa shape index (κ1) is 15.9. The molecule has 5 heteroatoms. The van der Waals surface area contributed by atoms with Crippen molar-refractivity contribution in [3.63, 3.8) is 0 Å². The van der Waals surface area contributed by atoms with Gasteiger partial charge in [-0.15, -0.1) is 0 Å². The summed E-state index contributed by atoms with van der Waals surface area (Å²) in [5.41, 5.74) is -0.468. The predicted octanol–water partition coefficient (Wildman–Crippen LogP) is 3.43. The number of nitrogens with zero attached hydrogens (tertiary/aromatic N) is 1. The van der Waals surface area contributed by atoms with Crippen molar-refractivity contribution in [1.29, 1.82) is 0 Å². The standard InChI is InChI=1S/C16H21F2NO2/c1-2-7-16(15(20)21)8-4-9-19(11-16)10-12-5-3-6-13(17)14(12)18/h3,5-6H,2,4,7-11H2,1H3,(H,20,21). The van der Waals surface area contributed by atoms with Gasteiger partial charge in [0.05, 0.1) is 5.41 Å². The Hall–Kier alpha value is -1.49. The fourth-order valence-corrected chi connectivity index (χ4v) is 3.24. The first-order valence-electron chi connectivity index (χ1n) is 7.37. The van der Waals surface area contributed by atoms with Gasteiger partial charge in [0.2, 0.25) is 0 Å².